The summed E-state index contributed by atoms with van der Waals surface area (Å²) in [5, 5.41) is 2.87. The molecule has 0 bridgehead atoms. The molecule has 0 aliphatic rings. The average Bonchev–Trinajstić information content (AvgIpc) is 2.62. The second kappa shape index (κ2) is 9.20. The van der Waals surface area contributed by atoms with Crippen molar-refractivity contribution >= 4 is 46.8 Å². The summed E-state index contributed by atoms with van der Waals surface area (Å²) >= 11 is 11.6. The number of carbonyl (C=O) groups excluding carboxylic acids is 3. The normalized spacial score (nSPS) is 11.4. The molecule has 8 nitrogen and oxygen atoms in total. The summed E-state index contributed by atoms with van der Waals surface area (Å²) in [5.74, 6) is -1.93. The summed E-state index contributed by atoms with van der Waals surface area (Å²) in [6, 6.07) is 7.58. The van der Waals surface area contributed by atoms with Gasteiger partial charge in [-0.2, -0.15) is 0 Å². The molecule has 2 aromatic rings. The summed E-state index contributed by atoms with van der Waals surface area (Å²) in [5.41, 5.74) is 5.35. The molecule has 142 valence electrons. The van der Waals surface area contributed by atoms with Crippen molar-refractivity contribution in [3.63, 3.8) is 0 Å². The van der Waals surface area contributed by atoms with Gasteiger partial charge in [0, 0.05) is 6.20 Å². The van der Waals surface area contributed by atoms with Crippen molar-refractivity contribution in [2.75, 3.05) is 11.9 Å². The molecule has 0 unspecified atom stereocenters. The zero-order valence-corrected chi connectivity index (χ0v) is 15.6. The Balaban J connectivity index is 1.89. The zero-order chi connectivity index (χ0) is 20.0. The van der Waals surface area contributed by atoms with Crippen LogP contribution in [0.15, 0.2) is 36.5 Å². The van der Waals surface area contributed by atoms with Gasteiger partial charge in [0.25, 0.3) is 11.8 Å². The van der Waals surface area contributed by atoms with E-state index >= 15 is 0 Å². The molecule has 1 aromatic heterocycles. The Morgan fingerprint density at radius 2 is 1.96 bits per heavy atom. The third-order valence-corrected chi connectivity index (χ3v) is 3.72. The predicted molar refractivity (Wildman–Crippen MR) is 98.9 cm³/mol. The van der Waals surface area contributed by atoms with E-state index in [0.717, 1.165) is 0 Å². The van der Waals surface area contributed by atoms with Crippen LogP contribution in [-0.4, -0.2) is 35.5 Å². The summed E-state index contributed by atoms with van der Waals surface area (Å²) in [4.78, 5) is 39.1. The van der Waals surface area contributed by atoms with Crippen molar-refractivity contribution in [1.29, 1.82) is 0 Å². The zero-order valence-electron chi connectivity index (χ0n) is 14.1. The summed E-state index contributed by atoms with van der Waals surface area (Å²) in [6.45, 7) is 0.857. The van der Waals surface area contributed by atoms with Crippen LogP contribution in [0.4, 0.5) is 5.82 Å². The van der Waals surface area contributed by atoms with E-state index < -0.39 is 30.5 Å². The lowest BCUT2D eigenvalue weighted by atomic mass is 10.2. The van der Waals surface area contributed by atoms with E-state index in [1.807, 2.05) is 0 Å². The van der Waals surface area contributed by atoms with Gasteiger partial charge in [-0.15, -0.1) is 0 Å². The Morgan fingerprint density at radius 3 is 2.63 bits per heavy atom. The van der Waals surface area contributed by atoms with Crippen LogP contribution >= 0.6 is 23.2 Å². The number of amides is 2. The van der Waals surface area contributed by atoms with Gasteiger partial charge in [-0.3, -0.25) is 9.59 Å². The summed E-state index contributed by atoms with van der Waals surface area (Å²) < 4.78 is 10.2. The molecule has 0 saturated heterocycles. The van der Waals surface area contributed by atoms with Crippen molar-refractivity contribution in [2.45, 2.75) is 13.0 Å². The van der Waals surface area contributed by atoms with Crippen molar-refractivity contribution in [2.24, 2.45) is 5.73 Å². The highest BCUT2D eigenvalue weighted by molar-refractivity contribution is 6.36. The van der Waals surface area contributed by atoms with E-state index in [0.29, 0.717) is 5.02 Å². The maximum absolute atomic E-state index is 12.1. The number of benzene rings is 1. The molecule has 1 aromatic carbocycles. The number of esters is 1. The molecule has 27 heavy (non-hydrogen) atoms. The van der Waals surface area contributed by atoms with Crippen LogP contribution in [0, 0.1) is 0 Å². The highest BCUT2D eigenvalue weighted by Crippen LogP contribution is 2.22. The third-order valence-electron chi connectivity index (χ3n) is 3.22. The Kier molecular flexibility index (Phi) is 6.98. The topological polar surface area (TPSA) is 121 Å². The first-order valence-electron chi connectivity index (χ1n) is 7.61. The first kappa shape index (κ1) is 20.5. The molecule has 0 fully saturated rings. The SMILES string of the molecule is C[C@H](OC(=O)COc1ccccc1C(N)=O)C(=O)Nc1ncc(Cl)cc1Cl. The quantitative estimate of drug-likeness (QED) is 0.674. The first-order valence-corrected chi connectivity index (χ1v) is 8.36. The fourth-order valence-electron chi connectivity index (χ4n) is 1.94. The van der Waals surface area contributed by atoms with Crippen LogP contribution in [0.25, 0.3) is 0 Å². The fourth-order valence-corrected chi connectivity index (χ4v) is 2.37. The minimum atomic E-state index is -1.14. The molecule has 0 spiro atoms. The first-order chi connectivity index (χ1) is 12.8. The molecule has 2 amide bonds. The van der Waals surface area contributed by atoms with Gasteiger partial charge in [-0.1, -0.05) is 35.3 Å². The van der Waals surface area contributed by atoms with Crippen LogP contribution < -0.4 is 15.8 Å². The van der Waals surface area contributed by atoms with Crippen molar-refractivity contribution in [3.8, 4) is 5.75 Å². The number of nitrogens with one attached hydrogen (secondary N) is 1. The molecule has 2 rings (SSSR count). The van der Waals surface area contributed by atoms with Crippen LogP contribution in [0.2, 0.25) is 10.0 Å². The number of primary amides is 1. The molecule has 0 saturated carbocycles. The second-order valence-electron chi connectivity index (χ2n) is 5.25. The molecule has 1 atom stereocenters. The minimum absolute atomic E-state index is 0.0839. The number of carbonyl (C=O) groups is 3. The maximum Gasteiger partial charge on any atom is 0.344 e. The van der Waals surface area contributed by atoms with Gasteiger partial charge in [-0.05, 0) is 25.1 Å². The number of halogens is 2. The summed E-state index contributed by atoms with van der Waals surface area (Å²) in [7, 11) is 0. The van der Waals surface area contributed by atoms with Gasteiger partial charge >= 0.3 is 5.97 Å². The van der Waals surface area contributed by atoms with Crippen LogP contribution in [-0.2, 0) is 14.3 Å². The van der Waals surface area contributed by atoms with Gasteiger partial charge in [0.2, 0.25) is 0 Å². The van der Waals surface area contributed by atoms with E-state index in [4.69, 9.17) is 38.4 Å². The molecule has 3 N–H and O–H groups in total. The predicted octanol–water partition coefficient (Wildman–Crippen LogP) is 2.44. The number of anilines is 1. The fraction of sp³-hybridized carbons (Fsp3) is 0.176. The highest BCUT2D eigenvalue weighted by atomic mass is 35.5. The van der Waals surface area contributed by atoms with Crippen LogP contribution in [0.3, 0.4) is 0 Å². The number of hydrogen-bond acceptors (Lipinski definition) is 6. The van der Waals surface area contributed by atoms with Crippen LogP contribution in [0.1, 0.15) is 17.3 Å². The average molecular weight is 412 g/mol. The lowest BCUT2D eigenvalue weighted by molar-refractivity contribution is -0.155. The number of nitrogens with zero attached hydrogens (tertiary/aromatic N) is 1. The largest absolute Gasteiger partial charge is 0.481 e. The Hall–Kier alpha value is -2.84. The number of nitrogens with two attached hydrogens (primary N) is 1. The lowest BCUT2D eigenvalue weighted by Gasteiger charge is -2.14. The monoisotopic (exact) mass is 411 g/mol. The number of pyridine rings is 1. The highest BCUT2D eigenvalue weighted by Gasteiger charge is 2.20. The smallest absolute Gasteiger partial charge is 0.344 e. The molecule has 0 aliphatic carbocycles. The molecular formula is C17H15Cl2N3O5. The van der Waals surface area contributed by atoms with E-state index in [1.54, 1.807) is 12.1 Å². The van der Waals surface area contributed by atoms with Gasteiger partial charge in [-0.25, -0.2) is 9.78 Å². The molecule has 0 aliphatic heterocycles. The Labute approximate surface area is 164 Å². The minimum Gasteiger partial charge on any atom is -0.481 e. The molecular weight excluding hydrogens is 397 g/mol. The van der Waals surface area contributed by atoms with E-state index in [-0.39, 0.29) is 22.2 Å². The maximum atomic E-state index is 12.1. The number of rotatable bonds is 7. The van der Waals surface area contributed by atoms with Crippen molar-refractivity contribution in [3.05, 3.63) is 52.1 Å². The molecule has 1 heterocycles. The Morgan fingerprint density at radius 1 is 1.26 bits per heavy atom. The van der Waals surface area contributed by atoms with Crippen LogP contribution in [0.5, 0.6) is 5.75 Å². The van der Waals surface area contributed by atoms with E-state index in [1.165, 1.54) is 31.3 Å². The van der Waals surface area contributed by atoms with Gasteiger partial charge in [0.15, 0.2) is 18.5 Å². The van der Waals surface area contributed by atoms with E-state index in [2.05, 4.69) is 10.3 Å². The number of aromatic nitrogens is 1. The standard InChI is InChI=1S/C17H15Cl2N3O5/c1-9(17(25)22-16-12(19)6-10(18)7-21-16)27-14(23)8-26-13-5-3-2-4-11(13)15(20)24/h2-7,9H,8H2,1H3,(H2,20,24)(H,21,22,25)/t9-/m0/s1. The molecule has 0 radical (unpaired) electrons. The van der Waals surface area contributed by atoms with Gasteiger partial charge in [0.05, 0.1) is 15.6 Å². The lowest BCUT2D eigenvalue weighted by Crippen LogP contribution is -2.32. The second-order valence-corrected chi connectivity index (χ2v) is 6.10. The number of hydrogen-bond donors (Lipinski definition) is 2. The van der Waals surface area contributed by atoms with Gasteiger partial charge in [0.1, 0.15) is 5.75 Å². The van der Waals surface area contributed by atoms with E-state index in [9.17, 15) is 14.4 Å². The van der Waals surface area contributed by atoms with Crippen molar-refractivity contribution in [1.82, 2.24) is 4.98 Å². The Bertz CT molecular complexity index is 875. The number of ether oxygens (including phenoxy) is 2. The van der Waals surface area contributed by atoms with Crippen molar-refractivity contribution < 1.29 is 23.9 Å². The summed E-state index contributed by atoms with van der Waals surface area (Å²) in [6.07, 6.45) is 0.171. The third kappa shape index (κ3) is 5.83. The molecule has 10 heteroatoms. The number of para-hydroxylation sites is 1. The van der Waals surface area contributed by atoms with Gasteiger partial charge < -0.3 is 20.5 Å².